The van der Waals surface area contributed by atoms with E-state index in [-0.39, 0.29) is 10.8 Å². The molecule has 0 fully saturated rings. The molecule has 2 nitrogen and oxygen atoms in total. The van der Waals surface area contributed by atoms with Crippen LogP contribution in [0.3, 0.4) is 0 Å². The molecule has 0 aromatic heterocycles. The molecule has 0 bridgehead atoms. The first-order valence-corrected chi connectivity index (χ1v) is 7.97. The second-order valence-electron chi connectivity index (χ2n) is 4.18. The number of ether oxygens (including phenoxy) is 1. The van der Waals surface area contributed by atoms with Crippen molar-refractivity contribution in [1.82, 2.24) is 0 Å². The molecular weight excluding hydrogens is 398 g/mol. The van der Waals surface area contributed by atoms with E-state index in [9.17, 15) is 4.79 Å². The summed E-state index contributed by atoms with van der Waals surface area (Å²) < 4.78 is 6.05. The zero-order valence-corrected chi connectivity index (χ0v) is 14.8. The number of carbonyl (C=O) groups excluding carboxylic acids is 1. The third-order valence-corrected chi connectivity index (χ3v) is 3.97. The number of halogens is 4. The Labute approximate surface area is 146 Å². The summed E-state index contributed by atoms with van der Waals surface area (Å²) in [7, 11) is 0. The molecule has 0 aliphatic carbocycles. The van der Waals surface area contributed by atoms with Gasteiger partial charge in [-0.3, -0.25) is 4.79 Å². The average Bonchev–Trinajstić information content (AvgIpc) is 2.41. The van der Waals surface area contributed by atoms with Crippen molar-refractivity contribution in [1.29, 1.82) is 0 Å². The Morgan fingerprint density at radius 1 is 1.10 bits per heavy atom. The number of benzene rings is 2. The first-order valence-electron chi connectivity index (χ1n) is 6.05. The van der Waals surface area contributed by atoms with Gasteiger partial charge < -0.3 is 4.74 Å². The van der Waals surface area contributed by atoms with Crippen LogP contribution in [0.4, 0.5) is 0 Å². The van der Waals surface area contributed by atoms with Crippen molar-refractivity contribution >= 4 is 56.5 Å². The maximum atomic E-state index is 12.5. The molecular formula is C15H10BrCl3O2. The number of ketones is 1. The highest BCUT2D eigenvalue weighted by Crippen LogP contribution is 2.33. The highest BCUT2D eigenvalue weighted by atomic mass is 79.9. The Kier molecular flexibility index (Phi) is 5.55. The third-order valence-electron chi connectivity index (χ3n) is 2.69. The van der Waals surface area contributed by atoms with Crippen LogP contribution in [-0.4, -0.2) is 12.4 Å². The second kappa shape index (κ2) is 7.01. The van der Waals surface area contributed by atoms with Gasteiger partial charge >= 0.3 is 0 Å². The first-order chi connectivity index (χ1) is 9.92. The van der Waals surface area contributed by atoms with Gasteiger partial charge in [-0.05, 0) is 31.2 Å². The van der Waals surface area contributed by atoms with E-state index in [1.807, 2.05) is 6.92 Å². The molecule has 0 aliphatic heterocycles. The molecule has 0 radical (unpaired) electrons. The molecule has 2 aromatic carbocycles. The normalized spacial score (nSPS) is 10.5. The van der Waals surface area contributed by atoms with Crippen molar-refractivity contribution in [3.8, 4) is 5.75 Å². The van der Waals surface area contributed by atoms with E-state index in [4.69, 9.17) is 39.5 Å². The van der Waals surface area contributed by atoms with Gasteiger partial charge in [0.15, 0.2) is 5.78 Å². The van der Waals surface area contributed by atoms with E-state index in [1.54, 1.807) is 24.3 Å². The zero-order valence-electron chi connectivity index (χ0n) is 10.9. The minimum atomic E-state index is -0.256. The predicted molar refractivity (Wildman–Crippen MR) is 90.2 cm³/mol. The Morgan fingerprint density at radius 2 is 1.81 bits per heavy atom. The maximum absolute atomic E-state index is 12.5. The van der Waals surface area contributed by atoms with Crippen LogP contribution in [0.5, 0.6) is 5.75 Å². The van der Waals surface area contributed by atoms with E-state index in [2.05, 4.69) is 15.9 Å². The number of rotatable bonds is 4. The lowest BCUT2D eigenvalue weighted by Gasteiger charge is -2.10. The summed E-state index contributed by atoms with van der Waals surface area (Å²) in [6, 6.07) is 8.00. The quantitative estimate of drug-likeness (QED) is 0.577. The number of carbonyl (C=O) groups is 1. The van der Waals surface area contributed by atoms with Crippen LogP contribution < -0.4 is 4.74 Å². The highest BCUT2D eigenvalue weighted by Gasteiger charge is 2.17. The van der Waals surface area contributed by atoms with Crippen LogP contribution in [0.1, 0.15) is 22.8 Å². The second-order valence-corrected chi connectivity index (χ2v) is 6.35. The van der Waals surface area contributed by atoms with Crippen LogP contribution in [0.15, 0.2) is 34.8 Å². The van der Waals surface area contributed by atoms with Crippen LogP contribution in [-0.2, 0) is 0 Å². The lowest BCUT2D eigenvalue weighted by Crippen LogP contribution is -2.03. The van der Waals surface area contributed by atoms with Crippen LogP contribution >= 0.6 is 50.7 Å². The molecule has 0 saturated carbocycles. The van der Waals surface area contributed by atoms with Crippen molar-refractivity contribution in [2.75, 3.05) is 6.61 Å². The lowest BCUT2D eigenvalue weighted by molar-refractivity contribution is 0.103. The summed E-state index contributed by atoms with van der Waals surface area (Å²) in [5.74, 6) is 0.195. The van der Waals surface area contributed by atoms with Gasteiger partial charge in [-0.15, -0.1) is 0 Å². The molecule has 0 amide bonds. The topological polar surface area (TPSA) is 26.3 Å². The Hall–Kier alpha value is -0.740. The molecule has 0 heterocycles. The first kappa shape index (κ1) is 16.6. The molecule has 2 rings (SSSR count). The summed E-state index contributed by atoms with van der Waals surface area (Å²) in [5, 5.41) is 1.08. The molecule has 0 aliphatic rings. The fourth-order valence-electron chi connectivity index (χ4n) is 1.81. The van der Waals surface area contributed by atoms with E-state index >= 15 is 0 Å². The molecule has 0 saturated heterocycles. The summed E-state index contributed by atoms with van der Waals surface area (Å²) in [5.41, 5.74) is 0.732. The Balaban J connectivity index is 2.46. The highest BCUT2D eigenvalue weighted by molar-refractivity contribution is 9.10. The van der Waals surface area contributed by atoms with Crippen molar-refractivity contribution in [3.63, 3.8) is 0 Å². The lowest BCUT2D eigenvalue weighted by atomic mass is 10.0. The smallest absolute Gasteiger partial charge is 0.194 e. The Morgan fingerprint density at radius 3 is 2.43 bits per heavy atom. The predicted octanol–water partition coefficient (Wildman–Crippen LogP) is 6.04. The molecule has 0 unspecified atom stereocenters. The fourth-order valence-corrected chi connectivity index (χ4v) is 3.13. The van der Waals surface area contributed by atoms with Crippen molar-refractivity contribution in [3.05, 3.63) is 61.0 Å². The van der Waals surface area contributed by atoms with Crippen molar-refractivity contribution in [2.45, 2.75) is 6.92 Å². The summed E-state index contributed by atoms with van der Waals surface area (Å²) >= 11 is 21.5. The van der Waals surface area contributed by atoms with Crippen LogP contribution in [0.2, 0.25) is 15.1 Å². The molecule has 6 heteroatoms. The maximum Gasteiger partial charge on any atom is 0.194 e. The van der Waals surface area contributed by atoms with Gasteiger partial charge in [0.25, 0.3) is 0 Å². The van der Waals surface area contributed by atoms with Gasteiger partial charge in [-0.1, -0.05) is 50.7 Å². The van der Waals surface area contributed by atoms with Crippen molar-refractivity contribution in [2.24, 2.45) is 0 Å². The van der Waals surface area contributed by atoms with E-state index < -0.39 is 0 Å². The minimum absolute atomic E-state index is 0.256. The van der Waals surface area contributed by atoms with Gasteiger partial charge in [-0.25, -0.2) is 0 Å². The molecule has 110 valence electrons. The Bertz CT molecular complexity index is 681. The third kappa shape index (κ3) is 3.92. The molecule has 0 spiro atoms. The van der Waals surface area contributed by atoms with Gasteiger partial charge in [0, 0.05) is 26.7 Å². The van der Waals surface area contributed by atoms with Gasteiger partial charge in [0.2, 0.25) is 0 Å². The SMILES string of the molecule is CCOc1cc(Cl)c(C(=O)c2cc(Cl)cc(Br)c2)cc1Cl. The molecule has 2 aromatic rings. The summed E-state index contributed by atoms with van der Waals surface area (Å²) in [6.45, 7) is 2.30. The average molecular weight is 409 g/mol. The summed E-state index contributed by atoms with van der Waals surface area (Å²) in [4.78, 5) is 12.5. The molecule has 21 heavy (non-hydrogen) atoms. The largest absolute Gasteiger partial charge is 0.492 e. The van der Waals surface area contributed by atoms with Crippen molar-refractivity contribution < 1.29 is 9.53 Å². The number of hydrogen-bond acceptors (Lipinski definition) is 2. The van der Waals surface area contributed by atoms with Crippen LogP contribution in [0.25, 0.3) is 0 Å². The van der Waals surface area contributed by atoms with Gasteiger partial charge in [0.1, 0.15) is 5.75 Å². The molecule has 0 N–H and O–H groups in total. The van der Waals surface area contributed by atoms with Gasteiger partial charge in [-0.2, -0.15) is 0 Å². The minimum Gasteiger partial charge on any atom is -0.492 e. The van der Waals surface area contributed by atoms with E-state index in [0.717, 1.165) is 0 Å². The van der Waals surface area contributed by atoms with E-state index in [0.29, 0.717) is 38.0 Å². The van der Waals surface area contributed by atoms with Crippen LogP contribution in [0, 0.1) is 0 Å². The zero-order chi connectivity index (χ0) is 15.6. The van der Waals surface area contributed by atoms with E-state index in [1.165, 1.54) is 6.07 Å². The number of hydrogen-bond donors (Lipinski definition) is 0. The fraction of sp³-hybridized carbons (Fsp3) is 0.133. The monoisotopic (exact) mass is 406 g/mol. The standard InChI is InChI=1S/C15H10BrCl3O2/c1-2-21-14-7-12(18)11(6-13(14)19)15(20)8-3-9(16)5-10(17)4-8/h3-7H,2H2,1H3. The summed E-state index contributed by atoms with van der Waals surface area (Å²) in [6.07, 6.45) is 0. The molecule has 0 atom stereocenters. The van der Waals surface area contributed by atoms with Gasteiger partial charge in [0.05, 0.1) is 16.7 Å².